The lowest BCUT2D eigenvalue weighted by Crippen LogP contribution is -2.36. The van der Waals surface area contributed by atoms with Crippen molar-refractivity contribution < 1.29 is 0 Å². The van der Waals surface area contributed by atoms with Gasteiger partial charge in [-0.25, -0.2) is 0 Å². The van der Waals surface area contributed by atoms with Gasteiger partial charge < -0.3 is 4.90 Å². The fourth-order valence-corrected chi connectivity index (χ4v) is 2.44. The maximum atomic E-state index is 5.95. The van der Waals surface area contributed by atoms with Crippen LogP contribution in [0.15, 0.2) is 59.6 Å². The van der Waals surface area contributed by atoms with E-state index >= 15 is 0 Å². The van der Waals surface area contributed by atoms with Crippen molar-refractivity contribution in [3.05, 3.63) is 65.2 Å². The first-order chi connectivity index (χ1) is 9.34. The zero-order valence-corrected chi connectivity index (χ0v) is 11.3. The molecular formula is C16H15ClN2. The predicted molar refractivity (Wildman–Crippen MR) is 81.3 cm³/mol. The Hall–Kier alpha value is -1.80. The number of para-hydroxylation sites is 1. The van der Waals surface area contributed by atoms with Crippen LogP contribution in [0.1, 0.15) is 12.0 Å². The van der Waals surface area contributed by atoms with Gasteiger partial charge in [0.2, 0.25) is 0 Å². The zero-order chi connectivity index (χ0) is 13.1. The first-order valence-corrected chi connectivity index (χ1v) is 6.85. The second-order valence-electron chi connectivity index (χ2n) is 4.55. The van der Waals surface area contributed by atoms with Crippen LogP contribution in [0.3, 0.4) is 0 Å². The van der Waals surface area contributed by atoms with Gasteiger partial charge in [0.05, 0.1) is 0 Å². The Balaban J connectivity index is 1.98. The van der Waals surface area contributed by atoms with E-state index in [9.17, 15) is 0 Å². The fourth-order valence-electron chi connectivity index (χ4n) is 2.31. The summed E-state index contributed by atoms with van der Waals surface area (Å²) in [6.45, 7) is 1.90. The molecule has 0 atom stereocenters. The molecule has 2 nitrogen and oxygen atoms in total. The molecule has 1 aliphatic heterocycles. The summed E-state index contributed by atoms with van der Waals surface area (Å²) < 4.78 is 0. The highest BCUT2D eigenvalue weighted by Gasteiger charge is 2.18. The average molecular weight is 271 g/mol. The van der Waals surface area contributed by atoms with Crippen molar-refractivity contribution >= 4 is 23.1 Å². The van der Waals surface area contributed by atoms with Crippen molar-refractivity contribution in [3.8, 4) is 0 Å². The van der Waals surface area contributed by atoms with E-state index < -0.39 is 0 Å². The lowest BCUT2D eigenvalue weighted by Gasteiger charge is -2.29. The average Bonchev–Trinajstić information content (AvgIpc) is 2.49. The molecule has 0 fully saturated rings. The first-order valence-electron chi connectivity index (χ1n) is 6.47. The molecule has 2 aromatic rings. The zero-order valence-electron chi connectivity index (χ0n) is 10.6. The maximum absolute atomic E-state index is 5.95. The highest BCUT2D eigenvalue weighted by atomic mass is 35.5. The summed E-state index contributed by atoms with van der Waals surface area (Å²) in [5.74, 6) is 1.04. The Morgan fingerprint density at radius 1 is 0.947 bits per heavy atom. The van der Waals surface area contributed by atoms with Gasteiger partial charge >= 0.3 is 0 Å². The van der Waals surface area contributed by atoms with Gasteiger partial charge in [0.25, 0.3) is 0 Å². The van der Waals surface area contributed by atoms with E-state index in [4.69, 9.17) is 11.6 Å². The Morgan fingerprint density at radius 2 is 1.68 bits per heavy atom. The molecule has 1 heterocycles. The molecule has 0 unspecified atom stereocenters. The number of benzene rings is 2. The Morgan fingerprint density at radius 3 is 2.42 bits per heavy atom. The Labute approximate surface area is 118 Å². The number of anilines is 1. The van der Waals surface area contributed by atoms with Crippen LogP contribution >= 0.6 is 11.6 Å². The summed E-state index contributed by atoms with van der Waals surface area (Å²) in [5, 5.41) is 0.756. The SMILES string of the molecule is Clc1ccc(C2=NCCCN2c2ccccc2)cc1. The van der Waals surface area contributed by atoms with Crippen LogP contribution in [0.4, 0.5) is 5.69 Å². The lowest BCUT2D eigenvalue weighted by molar-refractivity contribution is 0.790. The van der Waals surface area contributed by atoms with Gasteiger partial charge in [0.1, 0.15) is 5.84 Å². The van der Waals surface area contributed by atoms with E-state index in [1.165, 1.54) is 5.69 Å². The van der Waals surface area contributed by atoms with Crippen molar-refractivity contribution in [2.24, 2.45) is 4.99 Å². The molecule has 2 aromatic carbocycles. The topological polar surface area (TPSA) is 15.6 Å². The number of halogens is 1. The molecule has 3 heteroatoms. The molecule has 0 spiro atoms. The summed E-state index contributed by atoms with van der Waals surface area (Å²) in [4.78, 5) is 6.96. The molecule has 0 radical (unpaired) electrons. The maximum Gasteiger partial charge on any atom is 0.135 e. The van der Waals surface area contributed by atoms with Gasteiger partial charge in [-0.2, -0.15) is 0 Å². The summed E-state index contributed by atoms with van der Waals surface area (Å²) in [6.07, 6.45) is 1.09. The molecule has 0 bridgehead atoms. The minimum Gasteiger partial charge on any atom is -0.326 e. The number of amidine groups is 1. The van der Waals surface area contributed by atoms with Crippen LogP contribution in [0.2, 0.25) is 5.02 Å². The minimum atomic E-state index is 0.756. The van der Waals surface area contributed by atoms with Gasteiger partial charge in [0.15, 0.2) is 0 Å². The molecule has 0 amide bonds. The van der Waals surface area contributed by atoms with E-state index in [1.807, 2.05) is 30.3 Å². The second-order valence-corrected chi connectivity index (χ2v) is 4.99. The summed E-state index contributed by atoms with van der Waals surface area (Å²) in [7, 11) is 0. The van der Waals surface area contributed by atoms with Crippen LogP contribution in [0.5, 0.6) is 0 Å². The molecule has 0 saturated carbocycles. The van der Waals surface area contributed by atoms with Gasteiger partial charge in [0, 0.05) is 29.4 Å². The van der Waals surface area contributed by atoms with Crippen molar-refractivity contribution in [3.63, 3.8) is 0 Å². The highest BCUT2D eigenvalue weighted by molar-refractivity contribution is 6.30. The monoisotopic (exact) mass is 270 g/mol. The minimum absolute atomic E-state index is 0.756. The Bertz CT molecular complexity index is 575. The molecular weight excluding hydrogens is 256 g/mol. The van der Waals surface area contributed by atoms with E-state index in [0.717, 1.165) is 35.9 Å². The van der Waals surface area contributed by atoms with E-state index in [-0.39, 0.29) is 0 Å². The molecule has 19 heavy (non-hydrogen) atoms. The normalized spacial score (nSPS) is 15.2. The third-order valence-corrected chi connectivity index (χ3v) is 3.48. The molecule has 96 valence electrons. The van der Waals surface area contributed by atoms with Crippen molar-refractivity contribution in [2.75, 3.05) is 18.0 Å². The van der Waals surface area contributed by atoms with Crippen molar-refractivity contribution in [1.29, 1.82) is 0 Å². The number of nitrogens with zero attached hydrogens (tertiary/aromatic N) is 2. The van der Waals surface area contributed by atoms with Crippen LogP contribution < -0.4 is 4.90 Å². The summed E-state index contributed by atoms with van der Waals surface area (Å²) in [6, 6.07) is 18.3. The number of aliphatic imine (C=N–C) groups is 1. The highest BCUT2D eigenvalue weighted by Crippen LogP contribution is 2.21. The molecule has 3 rings (SSSR count). The van der Waals surface area contributed by atoms with Gasteiger partial charge in [-0.1, -0.05) is 29.8 Å². The molecule has 0 saturated heterocycles. The third-order valence-electron chi connectivity index (χ3n) is 3.23. The quantitative estimate of drug-likeness (QED) is 0.805. The molecule has 0 N–H and O–H groups in total. The van der Waals surface area contributed by atoms with Gasteiger partial charge in [-0.15, -0.1) is 0 Å². The van der Waals surface area contributed by atoms with Crippen LogP contribution in [0.25, 0.3) is 0 Å². The number of rotatable bonds is 2. The van der Waals surface area contributed by atoms with Crippen LogP contribution in [-0.4, -0.2) is 18.9 Å². The van der Waals surface area contributed by atoms with Crippen molar-refractivity contribution in [1.82, 2.24) is 0 Å². The summed E-state index contributed by atoms with van der Waals surface area (Å²) in [5.41, 5.74) is 2.31. The van der Waals surface area contributed by atoms with E-state index in [2.05, 4.69) is 34.2 Å². The van der Waals surface area contributed by atoms with Crippen LogP contribution in [0, 0.1) is 0 Å². The van der Waals surface area contributed by atoms with Gasteiger partial charge in [-0.3, -0.25) is 4.99 Å². The predicted octanol–water partition coefficient (Wildman–Crippen LogP) is 4.00. The van der Waals surface area contributed by atoms with E-state index in [1.54, 1.807) is 0 Å². The molecule has 0 aliphatic carbocycles. The van der Waals surface area contributed by atoms with E-state index in [0.29, 0.717) is 0 Å². The molecule has 0 aromatic heterocycles. The largest absolute Gasteiger partial charge is 0.326 e. The van der Waals surface area contributed by atoms with Crippen LogP contribution in [-0.2, 0) is 0 Å². The third kappa shape index (κ3) is 2.64. The second kappa shape index (κ2) is 5.45. The summed E-state index contributed by atoms with van der Waals surface area (Å²) >= 11 is 5.95. The number of hydrogen-bond donors (Lipinski definition) is 0. The fraction of sp³-hybridized carbons (Fsp3) is 0.188. The lowest BCUT2D eigenvalue weighted by atomic mass is 10.1. The first kappa shape index (κ1) is 12.2. The number of hydrogen-bond acceptors (Lipinski definition) is 2. The molecule has 1 aliphatic rings. The standard InChI is InChI=1S/C16H15ClN2/c17-14-9-7-13(8-10-14)16-18-11-4-12-19(16)15-5-2-1-3-6-15/h1-3,5-10H,4,11-12H2. The van der Waals surface area contributed by atoms with Crippen molar-refractivity contribution in [2.45, 2.75) is 6.42 Å². The Kier molecular flexibility index (Phi) is 3.51. The van der Waals surface area contributed by atoms with Gasteiger partial charge in [-0.05, 0) is 42.8 Å². The smallest absolute Gasteiger partial charge is 0.135 e.